The molecule has 1 aliphatic carbocycles. The summed E-state index contributed by atoms with van der Waals surface area (Å²) in [6, 6.07) is 0.406. The van der Waals surface area contributed by atoms with Gasteiger partial charge < -0.3 is 10.2 Å². The average molecular weight is 376 g/mol. The first-order valence-electron chi connectivity index (χ1n) is 10.7. The molecule has 0 amide bonds. The number of allylic oxidation sites excluding steroid dienone is 4. The Morgan fingerprint density at radius 1 is 1.32 bits per heavy atom. The molecule has 1 N–H and O–H groups in total. The SMILES string of the molecule is C#C/C(=C/C)C1=C(N2CCNC[C@@H]2C)C(C)=CCN=C1C#CC1CCCCC1. The van der Waals surface area contributed by atoms with Crippen molar-refractivity contribution in [3.8, 4) is 24.2 Å². The summed E-state index contributed by atoms with van der Waals surface area (Å²) in [4.78, 5) is 7.34. The van der Waals surface area contributed by atoms with E-state index in [1.165, 1.54) is 43.4 Å². The molecule has 3 nitrogen and oxygen atoms in total. The Bertz CT molecular complexity index is 801. The highest BCUT2D eigenvalue weighted by Crippen LogP contribution is 2.30. The van der Waals surface area contributed by atoms with Gasteiger partial charge in [0.15, 0.2) is 0 Å². The second kappa shape index (κ2) is 9.81. The Morgan fingerprint density at radius 3 is 2.79 bits per heavy atom. The molecule has 148 valence electrons. The van der Waals surface area contributed by atoms with Crippen LogP contribution in [0, 0.1) is 30.1 Å². The van der Waals surface area contributed by atoms with Crippen LogP contribution in [0.5, 0.6) is 0 Å². The van der Waals surface area contributed by atoms with Gasteiger partial charge in [-0.05, 0) is 45.1 Å². The summed E-state index contributed by atoms with van der Waals surface area (Å²) in [5, 5.41) is 3.49. The Kier molecular flexibility index (Phi) is 7.18. The van der Waals surface area contributed by atoms with Gasteiger partial charge in [-0.2, -0.15) is 0 Å². The first-order chi connectivity index (χ1) is 13.7. The second-order valence-electron chi connectivity index (χ2n) is 8.00. The van der Waals surface area contributed by atoms with Crippen molar-refractivity contribution in [1.82, 2.24) is 10.2 Å². The van der Waals surface area contributed by atoms with E-state index in [1.54, 1.807) is 0 Å². The van der Waals surface area contributed by atoms with Gasteiger partial charge in [-0.25, -0.2) is 0 Å². The smallest absolute Gasteiger partial charge is 0.118 e. The number of piperazine rings is 1. The van der Waals surface area contributed by atoms with Gasteiger partial charge in [0.25, 0.3) is 0 Å². The van der Waals surface area contributed by atoms with Crippen LogP contribution in [-0.4, -0.2) is 42.8 Å². The van der Waals surface area contributed by atoms with Crippen molar-refractivity contribution < 1.29 is 0 Å². The van der Waals surface area contributed by atoms with Crippen LogP contribution in [0.4, 0.5) is 0 Å². The van der Waals surface area contributed by atoms with Gasteiger partial charge in [0.05, 0.1) is 12.2 Å². The average Bonchev–Trinajstić information content (AvgIpc) is 2.88. The maximum atomic E-state index is 5.93. The van der Waals surface area contributed by atoms with Crippen molar-refractivity contribution in [2.75, 3.05) is 26.2 Å². The van der Waals surface area contributed by atoms with E-state index >= 15 is 0 Å². The maximum Gasteiger partial charge on any atom is 0.118 e. The van der Waals surface area contributed by atoms with Crippen LogP contribution in [0.1, 0.15) is 52.9 Å². The molecule has 0 radical (unpaired) electrons. The lowest BCUT2D eigenvalue weighted by molar-refractivity contribution is 0.226. The van der Waals surface area contributed by atoms with Gasteiger partial charge in [-0.15, -0.1) is 6.42 Å². The number of hydrogen-bond acceptors (Lipinski definition) is 3. The summed E-state index contributed by atoms with van der Waals surface area (Å²) >= 11 is 0. The third-order valence-corrected chi connectivity index (χ3v) is 6.00. The van der Waals surface area contributed by atoms with E-state index in [-0.39, 0.29) is 0 Å². The topological polar surface area (TPSA) is 27.6 Å². The van der Waals surface area contributed by atoms with Gasteiger partial charge in [-0.3, -0.25) is 4.99 Å². The minimum atomic E-state index is 0.406. The van der Waals surface area contributed by atoms with Crippen LogP contribution in [0.2, 0.25) is 0 Å². The van der Waals surface area contributed by atoms with E-state index in [0.717, 1.165) is 36.5 Å². The summed E-state index contributed by atoms with van der Waals surface area (Å²) in [5.74, 6) is 10.4. The third kappa shape index (κ3) is 4.60. The summed E-state index contributed by atoms with van der Waals surface area (Å²) in [6.07, 6.45) is 16.5. The molecule has 1 atom stereocenters. The van der Waals surface area contributed by atoms with Gasteiger partial charge in [0.2, 0.25) is 0 Å². The van der Waals surface area contributed by atoms with E-state index in [2.05, 4.69) is 47.9 Å². The lowest BCUT2D eigenvalue weighted by Crippen LogP contribution is -2.49. The second-order valence-corrected chi connectivity index (χ2v) is 8.00. The van der Waals surface area contributed by atoms with Crippen molar-refractivity contribution in [2.24, 2.45) is 10.9 Å². The molecule has 0 bridgehead atoms. The van der Waals surface area contributed by atoms with Crippen LogP contribution < -0.4 is 5.32 Å². The Morgan fingerprint density at radius 2 is 2.11 bits per heavy atom. The van der Waals surface area contributed by atoms with Gasteiger partial charge >= 0.3 is 0 Å². The number of aliphatic imine (C=N–C) groups is 1. The van der Waals surface area contributed by atoms with Crippen LogP contribution in [-0.2, 0) is 0 Å². The molecular formula is C25H33N3. The zero-order valence-electron chi connectivity index (χ0n) is 17.6. The van der Waals surface area contributed by atoms with Crippen molar-refractivity contribution in [1.29, 1.82) is 0 Å². The van der Waals surface area contributed by atoms with E-state index in [1.807, 2.05) is 13.0 Å². The van der Waals surface area contributed by atoms with E-state index in [4.69, 9.17) is 11.4 Å². The minimum Gasteiger partial charge on any atom is -0.365 e. The largest absolute Gasteiger partial charge is 0.365 e. The first-order valence-corrected chi connectivity index (χ1v) is 10.7. The lowest BCUT2D eigenvalue weighted by Gasteiger charge is -2.39. The number of hydrogen-bond donors (Lipinski definition) is 1. The highest BCUT2D eigenvalue weighted by molar-refractivity contribution is 6.17. The lowest BCUT2D eigenvalue weighted by atomic mass is 9.89. The molecule has 0 aromatic rings. The molecule has 3 heteroatoms. The molecule has 3 aliphatic rings. The molecule has 3 rings (SSSR count). The van der Waals surface area contributed by atoms with Crippen LogP contribution in [0.3, 0.4) is 0 Å². The number of terminal acetylenes is 1. The molecular weight excluding hydrogens is 342 g/mol. The van der Waals surface area contributed by atoms with E-state index in [0.29, 0.717) is 18.5 Å². The highest BCUT2D eigenvalue weighted by Gasteiger charge is 2.28. The standard InChI is InChI=1S/C25H33N3/c1-5-22(6-2)24-23(13-12-21-10-8-7-9-11-21)27-15-14-19(3)25(24)28-17-16-26-18-20(28)4/h1,6,14,20-21,26H,7-11,15-18H2,2-4H3/b22-6-/t20-/m0/s1. The minimum absolute atomic E-state index is 0.406. The number of rotatable bonds is 2. The molecule has 2 heterocycles. The Balaban J connectivity index is 2.08. The van der Waals surface area contributed by atoms with Crippen molar-refractivity contribution >= 4 is 5.71 Å². The molecule has 1 saturated carbocycles. The summed E-state index contributed by atoms with van der Waals surface area (Å²) in [5.41, 5.74) is 5.27. The predicted octanol–water partition coefficient (Wildman–Crippen LogP) is 4.10. The fourth-order valence-corrected chi connectivity index (χ4v) is 4.38. The van der Waals surface area contributed by atoms with Crippen LogP contribution >= 0.6 is 0 Å². The molecule has 2 fully saturated rings. The molecule has 0 spiro atoms. The van der Waals surface area contributed by atoms with Crippen molar-refractivity contribution in [3.63, 3.8) is 0 Å². The zero-order chi connectivity index (χ0) is 19.9. The number of nitrogens with zero attached hydrogens (tertiary/aromatic N) is 2. The highest BCUT2D eigenvalue weighted by atomic mass is 15.2. The molecule has 28 heavy (non-hydrogen) atoms. The predicted molar refractivity (Wildman–Crippen MR) is 119 cm³/mol. The maximum absolute atomic E-state index is 5.93. The summed E-state index contributed by atoms with van der Waals surface area (Å²) in [7, 11) is 0. The van der Waals surface area contributed by atoms with Crippen LogP contribution in [0.15, 0.2) is 39.6 Å². The monoisotopic (exact) mass is 375 g/mol. The van der Waals surface area contributed by atoms with Gasteiger partial charge in [0.1, 0.15) is 5.71 Å². The summed E-state index contributed by atoms with van der Waals surface area (Å²) < 4.78 is 0. The van der Waals surface area contributed by atoms with Crippen molar-refractivity contribution in [3.05, 3.63) is 34.6 Å². The fourth-order valence-electron chi connectivity index (χ4n) is 4.38. The Hall–Kier alpha value is -2.23. The fraction of sp³-hybridized carbons (Fsp3) is 0.560. The Labute approximate surface area is 171 Å². The quantitative estimate of drug-likeness (QED) is 0.736. The molecule has 1 saturated heterocycles. The van der Waals surface area contributed by atoms with Crippen LogP contribution in [0.25, 0.3) is 0 Å². The third-order valence-electron chi connectivity index (χ3n) is 6.00. The van der Waals surface area contributed by atoms with Gasteiger partial charge in [0, 0.05) is 42.7 Å². The number of nitrogens with one attached hydrogen (secondary N) is 1. The van der Waals surface area contributed by atoms with Crippen molar-refractivity contribution in [2.45, 2.75) is 58.9 Å². The molecule has 0 unspecified atom stereocenters. The normalized spacial score (nSPS) is 24.6. The van der Waals surface area contributed by atoms with E-state index in [9.17, 15) is 0 Å². The van der Waals surface area contributed by atoms with E-state index < -0.39 is 0 Å². The first kappa shape index (κ1) is 20.5. The molecule has 0 aromatic carbocycles. The molecule has 0 aromatic heterocycles. The molecule has 2 aliphatic heterocycles. The summed E-state index contributed by atoms with van der Waals surface area (Å²) in [6.45, 7) is 10.1. The zero-order valence-corrected chi connectivity index (χ0v) is 17.6. The van der Waals surface area contributed by atoms with Gasteiger partial charge in [-0.1, -0.05) is 43.3 Å².